The van der Waals surface area contributed by atoms with Crippen LogP contribution in [0.25, 0.3) is 0 Å². The highest BCUT2D eigenvalue weighted by atomic mass is 19.4. The number of hydrogen-bond donors (Lipinski definition) is 1. The lowest BCUT2D eigenvalue weighted by Crippen LogP contribution is -2.22. The zero-order chi connectivity index (χ0) is 13.7. The second kappa shape index (κ2) is 5.97. The lowest BCUT2D eigenvalue weighted by atomic mass is 10.1. The maximum atomic E-state index is 12.0. The average molecular weight is 273 g/mol. The van der Waals surface area contributed by atoms with Gasteiger partial charge in [0.15, 0.2) is 0 Å². The highest BCUT2D eigenvalue weighted by molar-refractivity contribution is 5.31. The molecular formula is C13H14F3NO2. The van der Waals surface area contributed by atoms with Crippen molar-refractivity contribution in [2.45, 2.75) is 12.8 Å². The van der Waals surface area contributed by atoms with Gasteiger partial charge < -0.3 is 14.8 Å². The van der Waals surface area contributed by atoms with E-state index in [9.17, 15) is 13.2 Å². The van der Waals surface area contributed by atoms with Crippen LogP contribution in [0.3, 0.4) is 0 Å². The van der Waals surface area contributed by atoms with E-state index in [2.05, 4.69) is 16.1 Å². The summed E-state index contributed by atoms with van der Waals surface area (Å²) < 4.78 is 45.2. The minimum absolute atomic E-state index is 0.249. The predicted octanol–water partition coefficient (Wildman–Crippen LogP) is 2.88. The molecule has 0 unspecified atom stereocenters. The Labute approximate surface area is 109 Å². The predicted molar refractivity (Wildman–Crippen MR) is 64.2 cm³/mol. The van der Waals surface area contributed by atoms with Crippen molar-refractivity contribution in [1.82, 2.24) is 5.32 Å². The maximum Gasteiger partial charge on any atom is 0.573 e. The number of ether oxygens (including phenoxy) is 2. The molecule has 1 aromatic carbocycles. The third-order valence-electron chi connectivity index (χ3n) is 2.64. The van der Waals surface area contributed by atoms with Gasteiger partial charge in [0.25, 0.3) is 0 Å². The van der Waals surface area contributed by atoms with Gasteiger partial charge in [-0.25, -0.2) is 0 Å². The fourth-order valence-electron chi connectivity index (χ4n) is 1.71. The van der Waals surface area contributed by atoms with E-state index in [0.717, 1.165) is 19.5 Å². The number of halogens is 3. The fourth-order valence-corrected chi connectivity index (χ4v) is 1.71. The molecule has 0 saturated heterocycles. The van der Waals surface area contributed by atoms with Gasteiger partial charge in [0.2, 0.25) is 0 Å². The summed E-state index contributed by atoms with van der Waals surface area (Å²) >= 11 is 0. The molecule has 0 atom stereocenters. The smallest absolute Gasteiger partial charge is 0.489 e. The zero-order valence-corrected chi connectivity index (χ0v) is 10.2. The third kappa shape index (κ3) is 4.82. The van der Waals surface area contributed by atoms with Gasteiger partial charge in [-0.05, 0) is 42.8 Å². The summed E-state index contributed by atoms with van der Waals surface area (Å²) in [5, 5.41) is 3.19. The Hall–Kier alpha value is -1.69. The molecule has 6 heteroatoms. The van der Waals surface area contributed by atoms with E-state index < -0.39 is 6.36 Å². The van der Waals surface area contributed by atoms with Gasteiger partial charge in [-0.1, -0.05) is 6.08 Å². The number of hydrogen-bond acceptors (Lipinski definition) is 3. The summed E-state index contributed by atoms with van der Waals surface area (Å²) in [6.07, 6.45) is -1.68. The van der Waals surface area contributed by atoms with Crippen molar-refractivity contribution in [1.29, 1.82) is 0 Å². The Balaban J connectivity index is 1.86. The largest absolute Gasteiger partial charge is 0.573 e. The van der Waals surface area contributed by atoms with Crippen LogP contribution >= 0.6 is 0 Å². The first kappa shape index (κ1) is 13.7. The highest BCUT2D eigenvalue weighted by Gasteiger charge is 2.30. The van der Waals surface area contributed by atoms with Gasteiger partial charge in [-0.15, -0.1) is 13.2 Å². The van der Waals surface area contributed by atoms with Crippen LogP contribution in [0, 0.1) is 0 Å². The third-order valence-corrected chi connectivity index (χ3v) is 2.64. The second-order valence-corrected chi connectivity index (χ2v) is 4.12. The van der Waals surface area contributed by atoms with Crippen LogP contribution in [0.1, 0.15) is 6.42 Å². The molecule has 0 aromatic heterocycles. The van der Waals surface area contributed by atoms with Crippen molar-refractivity contribution >= 4 is 0 Å². The molecule has 3 nitrogen and oxygen atoms in total. The topological polar surface area (TPSA) is 30.5 Å². The van der Waals surface area contributed by atoms with Crippen molar-refractivity contribution < 1.29 is 22.6 Å². The summed E-state index contributed by atoms with van der Waals surface area (Å²) in [4.78, 5) is 0. The molecule has 0 fully saturated rings. The number of alkyl halides is 3. The van der Waals surface area contributed by atoms with E-state index in [1.807, 2.05) is 0 Å². The van der Waals surface area contributed by atoms with Gasteiger partial charge in [0, 0.05) is 6.54 Å². The zero-order valence-electron chi connectivity index (χ0n) is 10.2. The molecule has 1 aromatic rings. The van der Waals surface area contributed by atoms with Gasteiger partial charge in [0.1, 0.15) is 18.1 Å². The molecule has 19 heavy (non-hydrogen) atoms. The van der Waals surface area contributed by atoms with E-state index in [1.54, 1.807) is 0 Å². The summed E-state index contributed by atoms with van der Waals surface area (Å²) in [6, 6.07) is 5.39. The lowest BCUT2D eigenvalue weighted by Gasteiger charge is -2.15. The second-order valence-electron chi connectivity index (χ2n) is 4.12. The summed E-state index contributed by atoms with van der Waals surface area (Å²) in [7, 11) is 0. The van der Waals surface area contributed by atoms with Crippen molar-refractivity contribution in [3.8, 4) is 11.5 Å². The van der Waals surface area contributed by atoms with E-state index in [1.165, 1.54) is 29.8 Å². The first-order valence-electron chi connectivity index (χ1n) is 5.90. The lowest BCUT2D eigenvalue weighted by molar-refractivity contribution is -0.274. The molecule has 0 aliphatic carbocycles. The Bertz CT molecular complexity index is 440. The Morgan fingerprint density at radius 2 is 1.79 bits per heavy atom. The normalized spacial score (nSPS) is 15.8. The first-order valence-corrected chi connectivity index (χ1v) is 5.90. The monoisotopic (exact) mass is 273 g/mol. The molecule has 1 N–H and O–H groups in total. The standard InChI is InChI=1S/C13H14F3NO2/c14-13(15,16)19-12-3-1-11(2-4-12)18-9-10-5-7-17-8-6-10/h1-5,17H,6-9H2. The molecule has 0 spiro atoms. The molecule has 0 radical (unpaired) electrons. The van der Waals surface area contributed by atoms with Crippen LogP contribution in [-0.4, -0.2) is 26.1 Å². The molecule has 0 amide bonds. The Morgan fingerprint density at radius 3 is 2.37 bits per heavy atom. The minimum Gasteiger partial charge on any atom is -0.489 e. The fraction of sp³-hybridized carbons (Fsp3) is 0.385. The van der Waals surface area contributed by atoms with Crippen LogP contribution in [0.4, 0.5) is 13.2 Å². The van der Waals surface area contributed by atoms with Crippen molar-refractivity contribution in [2.24, 2.45) is 0 Å². The molecular weight excluding hydrogens is 259 g/mol. The van der Waals surface area contributed by atoms with Crippen LogP contribution in [0.2, 0.25) is 0 Å². The van der Waals surface area contributed by atoms with Crippen molar-refractivity contribution in [3.05, 3.63) is 35.9 Å². The van der Waals surface area contributed by atoms with Gasteiger partial charge >= 0.3 is 6.36 Å². The van der Waals surface area contributed by atoms with Crippen LogP contribution in [0.15, 0.2) is 35.9 Å². The van der Waals surface area contributed by atoms with Crippen molar-refractivity contribution in [2.75, 3.05) is 19.7 Å². The summed E-state index contributed by atoms with van der Waals surface area (Å²) in [5.74, 6) is 0.273. The van der Waals surface area contributed by atoms with Gasteiger partial charge in [-0.3, -0.25) is 0 Å². The summed E-state index contributed by atoms with van der Waals surface area (Å²) in [5.41, 5.74) is 1.19. The molecule has 1 aliphatic rings. The van der Waals surface area contributed by atoms with E-state index in [-0.39, 0.29) is 5.75 Å². The van der Waals surface area contributed by atoms with Gasteiger partial charge in [0.05, 0.1) is 0 Å². The van der Waals surface area contributed by atoms with Gasteiger partial charge in [-0.2, -0.15) is 0 Å². The summed E-state index contributed by atoms with van der Waals surface area (Å²) in [6.45, 7) is 2.21. The van der Waals surface area contributed by atoms with Crippen LogP contribution < -0.4 is 14.8 Å². The highest BCUT2D eigenvalue weighted by Crippen LogP contribution is 2.24. The molecule has 1 heterocycles. The van der Waals surface area contributed by atoms with Crippen LogP contribution in [-0.2, 0) is 0 Å². The minimum atomic E-state index is -4.66. The molecule has 2 rings (SSSR count). The molecule has 0 saturated carbocycles. The number of benzene rings is 1. The Kier molecular flexibility index (Phi) is 4.31. The van der Waals surface area contributed by atoms with Crippen LogP contribution in [0.5, 0.6) is 11.5 Å². The first-order chi connectivity index (χ1) is 9.03. The molecule has 1 aliphatic heterocycles. The molecule has 0 bridgehead atoms. The quantitative estimate of drug-likeness (QED) is 0.856. The van der Waals surface area contributed by atoms with Crippen molar-refractivity contribution in [3.63, 3.8) is 0 Å². The number of nitrogens with one attached hydrogen (secondary N) is 1. The maximum absolute atomic E-state index is 12.0. The van der Waals surface area contributed by atoms with E-state index in [0.29, 0.717) is 12.4 Å². The molecule has 104 valence electrons. The average Bonchev–Trinajstić information content (AvgIpc) is 2.37. The van der Waals surface area contributed by atoms with E-state index in [4.69, 9.17) is 4.74 Å². The Morgan fingerprint density at radius 1 is 1.11 bits per heavy atom. The SMILES string of the molecule is FC(F)(F)Oc1ccc(OCC2=CCNCC2)cc1. The van der Waals surface area contributed by atoms with E-state index >= 15 is 0 Å². The number of rotatable bonds is 4.